The van der Waals surface area contributed by atoms with Crippen LogP contribution in [0.1, 0.15) is 31.7 Å². The number of carbonyl (C=O) groups is 2. The Labute approximate surface area is 144 Å². The van der Waals surface area contributed by atoms with Gasteiger partial charge in [0.2, 0.25) is 0 Å². The Bertz CT molecular complexity index is 654. The van der Waals surface area contributed by atoms with Crippen LogP contribution in [0.3, 0.4) is 0 Å². The molecule has 1 heterocycles. The predicted octanol–water partition coefficient (Wildman–Crippen LogP) is 2.01. The molecule has 0 aliphatic rings. The molecule has 0 radical (unpaired) electrons. The van der Waals surface area contributed by atoms with Crippen LogP contribution in [0.4, 0.5) is 0 Å². The molecule has 0 spiro atoms. The van der Waals surface area contributed by atoms with Crippen LogP contribution >= 0.6 is 11.3 Å². The highest BCUT2D eigenvalue weighted by Gasteiger charge is 2.15. The normalized spacial score (nSPS) is 11.8. The van der Waals surface area contributed by atoms with Gasteiger partial charge in [0, 0.05) is 17.0 Å². The molecule has 2 N–H and O–H groups in total. The minimum absolute atomic E-state index is 0.0786. The van der Waals surface area contributed by atoms with E-state index in [9.17, 15) is 9.59 Å². The number of amides is 1. The number of esters is 1. The molecule has 1 amide bonds. The lowest BCUT2D eigenvalue weighted by Crippen LogP contribution is -2.29. The van der Waals surface area contributed by atoms with Gasteiger partial charge in [0.05, 0.1) is 25.9 Å². The smallest absolute Gasteiger partial charge is 0.337 e. The molecular formula is C17H19NO5S. The van der Waals surface area contributed by atoms with Crippen molar-refractivity contribution in [2.45, 2.75) is 6.10 Å². The molecule has 0 aliphatic carbocycles. The quantitative estimate of drug-likeness (QED) is 0.712. The van der Waals surface area contributed by atoms with Gasteiger partial charge < -0.3 is 19.9 Å². The maximum atomic E-state index is 12.2. The van der Waals surface area contributed by atoms with Gasteiger partial charge in [0.25, 0.3) is 5.91 Å². The summed E-state index contributed by atoms with van der Waals surface area (Å²) in [6.07, 6.45) is -0.310. The fourth-order valence-corrected chi connectivity index (χ4v) is 2.85. The second-order valence-corrected chi connectivity index (χ2v) is 5.86. The van der Waals surface area contributed by atoms with E-state index in [1.807, 2.05) is 17.5 Å². The molecule has 0 saturated heterocycles. The second-order valence-electron chi connectivity index (χ2n) is 4.88. The molecule has 0 aliphatic heterocycles. The molecule has 1 aromatic carbocycles. The highest BCUT2D eigenvalue weighted by atomic mass is 32.1. The molecule has 0 unspecified atom stereocenters. The fourth-order valence-electron chi connectivity index (χ4n) is 2.07. The number of methoxy groups -OCH3 is 1. The fraction of sp³-hybridized carbons (Fsp3) is 0.294. The molecule has 0 saturated carbocycles. The molecule has 2 rings (SSSR count). The van der Waals surface area contributed by atoms with E-state index in [4.69, 9.17) is 9.84 Å². The molecule has 0 bridgehead atoms. The monoisotopic (exact) mass is 349 g/mol. The maximum Gasteiger partial charge on any atom is 0.337 e. The van der Waals surface area contributed by atoms with E-state index in [-0.39, 0.29) is 31.8 Å². The van der Waals surface area contributed by atoms with Gasteiger partial charge in [-0.1, -0.05) is 6.07 Å². The van der Waals surface area contributed by atoms with Crippen molar-refractivity contribution >= 4 is 23.2 Å². The second kappa shape index (κ2) is 9.17. The Balaban J connectivity index is 1.96. The number of hydrogen-bond acceptors (Lipinski definition) is 6. The zero-order valence-corrected chi connectivity index (χ0v) is 14.0. The van der Waals surface area contributed by atoms with Crippen LogP contribution in [0.25, 0.3) is 0 Å². The van der Waals surface area contributed by atoms with Crippen molar-refractivity contribution in [2.24, 2.45) is 0 Å². The number of ether oxygens (including phenoxy) is 2. The summed E-state index contributed by atoms with van der Waals surface area (Å²) in [6.45, 7) is 0.412. The first-order valence-electron chi connectivity index (χ1n) is 7.38. The standard InChI is InChI=1S/C17H19NO5S/c1-22-17(21)13-6-4-12(5-7-13)16(20)18-11-14(23-9-8-19)15-3-2-10-24-15/h2-7,10,14,19H,8-9,11H2,1H3,(H,18,20)/t14-/m0/s1. The SMILES string of the molecule is COC(=O)c1ccc(C(=O)NC[C@H](OCCO)c2cccs2)cc1. The Kier molecular flexibility index (Phi) is 6.92. The highest BCUT2D eigenvalue weighted by Crippen LogP contribution is 2.22. The molecule has 1 aromatic heterocycles. The Morgan fingerprint density at radius 1 is 1.21 bits per heavy atom. The molecule has 24 heavy (non-hydrogen) atoms. The van der Waals surface area contributed by atoms with Crippen molar-refractivity contribution in [3.05, 3.63) is 57.8 Å². The van der Waals surface area contributed by atoms with E-state index < -0.39 is 5.97 Å². The first-order chi connectivity index (χ1) is 11.7. The number of rotatable bonds is 8. The summed E-state index contributed by atoms with van der Waals surface area (Å²) in [7, 11) is 1.31. The van der Waals surface area contributed by atoms with Crippen LogP contribution in [0.5, 0.6) is 0 Å². The summed E-state index contributed by atoms with van der Waals surface area (Å²) in [5.74, 6) is -0.710. The van der Waals surface area contributed by atoms with Crippen LogP contribution < -0.4 is 5.32 Å². The number of nitrogens with one attached hydrogen (secondary N) is 1. The number of carbonyl (C=O) groups excluding carboxylic acids is 2. The van der Waals surface area contributed by atoms with E-state index in [0.717, 1.165) is 4.88 Å². The largest absolute Gasteiger partial charge is 0.465 e. The van der Waals surface area contributed by atoms with Gasteiger partial charge in [-0.15, -0.1) is 11.3 Å². The van der Waals surface area contributed by atoms with Gasteiger partial charge in [-0.05, 0) is 35.7 Å². The summed E-state index contributed by atoms with van der Waals surface area (Å²) in [5, 5.41) is 13.6. The summed E-state index contributed by atoms with van der Waals surface area (Å²) in [4.78, 5) is 24.6. The van der Waals surface area contributed by atoms with Crippen molar-refractivity contribution in [3.8, 4) is 0 Å². The molecule has 2 aromatic rings. The van der Waals surface area contributed by atoms with E-state index in [0.29, 0.717) is 11.1 Å². The van der Waals surface area contributed by atoms with Gasteiger partial charge in [0.1, 0.15) is 6.10 Å². The third-order valence-corrected chi connectivity index (χ3v) is 4.25. The van der Waals surface area contributed by atoms with E-state index >= 15 is 0 Å². The first-order valence-corrected chi connectivity index (χ1v) is 8.26. The lowest BCUT2D eigenvalue weighted by atomic mass is 10.1. The van der Waals surface area contributed by atoms with E-state index in [1.54, 1.807) is 24.3 Å². The first kappa shape index (κ1) is 18.1. The van der Waals surface area contributed by atoms with Crippen molar-refractivity contribution in [2.75, 3.05) is 26.9 Å². The lowest BCUT2D eigenvalue weighted by Gasteiger charge is -2.17. The summed E-state index contributed by atoms with van der Waals surface area (Å²) in [6, 6.07) is 10.0. The number of thiophene rings is 1. The molecular weight excluding hydrogens is 330 g/mol. The predicted molar refractivity (Wildman–Crippen MR) is 90.2 cm³/mol. The van der Waals surface area contributed by atoms with Gasteiger partial charge in [0.15, 0.2) is 0 Å². The van der Waals surface area contributed by atoms with E-state index in [1.165, 1.54) is 18.4 Å². The number of aliphatic hydroxyl groups is 1. The minimum atomic E-state index is -0.447. The minimum Gasteiger partial charge on any atom is -0.465 e. The van der Waals surface area contributed by atoms with Gasteiger partial charge in [-0.25, -0.2) is 4.79 Å². The van der Waals surface area contributed by atoms with Crippen molar-refractivity contribution in [1.29, 1.82) is 0 Å². The van der Waals surface area contributed by atoms with Gasteiger partial charge in [-0.2, -0.15) is 0 Å². The topological polar surface area (TPSA) is 84.9 Å². The van der Waals surface area contributed by atoms with Gasteiger partial charge in [-0.3, -0.25) is 4.79 Å². The molecule has 7 heteroatoms. The van der Waals surface area contributed by atoms with Crippen molar-refractivity contribution in [1.82, 2.24) is 5.32 Å². The van der Waals surface area contributed by atoms with Crippen LogP contribution in [0.15, 0.2) is 41.8 Å². The van der Waals surface area contributed by atoms with Crippen LogP contribution in [-0.2, 0) is 9.47 Å². The third-order valence-electron chi connectivity index (χ3n) is 3.29. The summed E-state index contributed by atoms with van der Waals surface area (Å²) < 4.78 is 10.2. The summed E-state index contributed by atoms with van der Waals surface area (Å²) >= 11 is 1.53. The van der Waals surface area contributed by atoms with Crippen LogP contribution in [0.2, 0.25) is 0 Å². The zero-order chi connectivity index (χ0) is 17.4. The number of hydrogen-bond donors (Lipinski definition) is 2. The zero-order valence-electron chi connectivity index (χ0n) is 13.2. The van der Waals surface area contributed by atoms with E-state index in [2.05, 4.69) is 10.1 Å². The molecule has 128 valence electrons. The average molecular weight is 349 g/mol. The number of benzene rings is 1. The third kappa shape index (κ3) is 4.89. The van der Waals surface area contributed by atoms with Crippen molar-refractivity contribution in [3.63, 3.8) is 0 Å². The number of aliphatic hydroxyl groups excluding tert-OH is 1. The van der Waals surface area contributed by atoms with Gasteiger partial charge >= 0.3 is 5.97 Å². The molecule has 0 fully saturated rings. The summed E-state index contributed by atoms with van der Waals surface area (Å²) in [5.41, 5.74) is 0.825. The Morgan fingerprint density at radius 3 is 2.50 bits per heavy atom. The molecule has 1 atom stereocenters. The average Bonchev–Trinajstić information content (AvgIpc) is 3.15. The van der Waals surface area contributed by atoms with Crippen LogP contribution in [0, 0.1) is 0 Å². The Hall–Kier alpha value is -2.22. The highest BCUT2D eigenvalue weighted by molar-refractivity contribution is 7.10. The Morgan fingerprint density at radius 2 is 1.92 bits per heavy atom. The lowest BCUT2D eigenvalue weighted by molar-refractivity contribution is 0.0296. The maximum absolute atomic E-state index is 12.2. The van der Waals surface area contributed by atoms with Crippen molar-refractivity contribution < 1.29 is 24.2 Å². The molecule has 6 nitrogen and oxygen atoms in total. The van der Waals surface area contributed by atoms with Crippen LogP contribution in [-0.4, -0.2) is 43.9 Å².